The van der Waals surface area contributed by atoms with Gasteiger partial charge in [-0.05, 0) is 5.56 Å². The van der Waals surface area contributed by atoms with Gasteiger partial charge >= 0.3 is 0 Å². The van der Waals surface area contributed by atoms with Gasteiger partial charge in [0.1, 0.15) is 5.82 Å². The lowest BCUT2D eigenvalue weighted by Gasteiger charge is -2.16. The number of benzene rings is 1. The normalized spacial score (nSPS) is 12.1. The Morgan fingerprint density at radius 1 is 1.21 bits per heavy atom. The predicted octanol–water partition coefficient (Wildman–Crippen LogP) is 2.91. The fourth-order valence-corrected chi connectivity index (χ4v) is 2.15. The molecule has 4 nitrogen and oxygen atoms in total. The Bertz CT molecular complexity index is 566. The third-order valence-corrected chi connectivity index (χ3v) is 3.14. The molecule has 2 rings (SSSR count). The Kier molecular flexibility index (Phi) is 4.30. The van der Waals surface area contributed by atoms with Gasteiger partial charge in [-0.1, -0.05) is 44.2 Å². The molecule has 19 heavy (non-hydrogen) atoms. The van der Waals surface area contributed by atoms with Crippen molar-refractivity contribution in [3.63, 3.8) is 0 Å². The summed E-state index contributed by atoms with van der Waals surface area (Å²) in [4.78, 5) is 4.52. The predicted molar refractivity (Wildman–Crippen MR) is 73.6 cm³/mol. The van der Waals surface area contributed by atoms with E-state index in [9.17, 15) is 0 Å². The van der Waals surface area contributed by atoms with Gasteiger partial charge in [0.2, 0.25) is 0 Å². The van der Waals surface area contributed by atoms with E-state index >= 15 is 0 Å². The molecule has 4 heteroatoms. The van der Waals surface area contributed by atoms with Gasteiger partial charge in [-0.15, -0.1) is 0 Å². The Hall–Kier alpha value is -2.15. The molecule has 0 spiro atoms. The second-order valence-corrected chi connectivity index (χ2v) is 4.38. The highest BCUT2D eigenvalue weighted by Crippen LogP contribution is 2.22. The van der Waals surface area contributed by atoms with Crippen LogP contribution in [-0.4, -0.2) is 14.8 Å². The van der Waals surface area contributed by atoms with E-state index in [2.05, 4.69) is 23.1 Å². The van der Waals surface area contributed by atoms with Crippen molar-refractivity contribution in [2.24, 2.45) is 0 Å². The smallest absolute Gasteiger partial charge is 0.150 e. The van der Waals surface area contributed by atoms with Crippen LogP contribution >= 0.6 is 0 Å². The Labute approximate surface area is 113 Å². The SMILES string of the molecule is CCc1nc(CC)n(C(CC#N)c2ccccc2)n1. The summed E-state index contributed by atoms with van der Waals surface area (Å²) in [5.41, 5.74) is 1.10. The van der Waals surface area contributed by atoms with Crippen molar-refractivity contribution in [1.29, 1.82) is 5.26 Å². The van der Waals surface area contributed by atoms with Crippen LogP contribution in [0.5, 0.6) is 0 Å². The quantitative estimate of drug-likeness (QED) is 0.824. The zero-order chi connectivity index (χ0) is 13.7. The van der Waals surface area contributed by atoms with E-state index in [1.807, 2.05) is 41.9 Å². The van der Waals surface area contributed by atoms with Crippen LogP contribution in [-0.2, 0) is 12.8 Å². The molecule has 0 amide bonds. The van der Waals surface area contributed by atoms with Crippen LogP contribution in [0.1, 0.15) is 43.5 Å². The summed E-state index contributed by atoms with van der Waals surface area (Å²) in [6.45, 7) is 4.11. The van der Waals surface area contributed by atoms with Gasteiger partial charge in [-0.2, -0.15) is 10.4 Å². The monoisotopic (exact) mass is 254 g/mol. The van der Waals surface area contributed by atoms with Crippen LogP contribution in [0.2, 0.25) is 0 Å². The molecule has 0 saturated carbocycles. The first-order valence-corrected chi connectivity index (χ1v) is 6.66. The maximum Gasteiger partial charge on any atom is 0.150 e. The van der Waals surface area contributed by atoms with Crippen LogP contribution in [0.3, 0.4) is 0 Å². The van der Waals surface area contributed by atoms with Crippen LogP contribution in [0, 0.1) is 11.3 Å². The molecule has 1 atom stereocenters. The molecular formula is C15H18N4. The molecular weight excluding hydrogens is 236 g/mol. The molecule has 1 aromatic heterocycles. The van der Waals surface area contributed by atoms with Crippen molar-refractivity contribution in [3.05, 3.63) is 47.5 Å². The second kappa shape index (κ2) is 6.14. The third kappa shape index (κ3) is 2.82. The Morgan fingerprint density at radius 3 is 2.53 bits per heavy atom. The molecule has 0 bridgehead atoms. The summed E-state index contributed by atoms with van der Waals surface area (Å²) < 4.78 is 1.91. The molecule has 98 valence electrons. The second-order valence-electron chi connectivity index (χ2n) is 4.38. The van der Waals surface area contributed by atoms with Crippen molar-refractivity contribution in [3.8, 4) is 6.07 Å². The molecule has 0 aliphatic carbocycles. The van der Waals surface area contributed by atoms with Crippen LogP contribution < -0.4 is 0 Å². The lowest BCUT2D eigenvalue weighted by Crippen LogP contribution is -2.15. The van der Waals surface area contributed by atoms with Crippen LogP contribution in [0.25, 0.3) is 0 Å². The summed E-state index contributed by atoms with van der Waals surface area (Å²) >= 11 is 0. The summed E-state index contributed by atoms with van der Waals surface area (Å²) in [7, 11) is 0. The molecule has 0 N–H and O–H groups in total. The minimum absolute atomic E-state index is 0.0473. The fourth-order valence-electron chi connectivity index (χ4n) is 2.15. The summed E-state index contributed by atoms with van der Waals surface area (Å²) in [5, 5.41) is 13.6. The van der Waals surface area contributed by atoms with Crippen molar-refractivity contribution in [2.45, 2.75) is 39.2 Å². The topological polar surface area (TPSA) is 54.5 Å². The van der Waals surface area contributed by atoms with Gasteiger partial charge < -0.3 is 0 Å². The van der Waals surface area contributed by atoms with Gasteiger partial charge in [0.15, 0.2) is 5.82 Å². The average molecular weight is 254 g/mol. The van der Waals surface area contributed by atoms with Gasteiger partial charge in [-0.25, -0.2) is 9.67 Å². The van der Waals surface area contributed by atoms with Crippen molar-refractivity contribution in [2.75, 3.05) is 0 Å². The highest BCUT2D eigenvalue weighted by atomic mass is 15.4. The third-order valence-electron chi connectivity index (χ3n) is 3.14. The van der Waals surface area contributed by atoms with E-state index in [-0.39, 0.29) is 6.04 Å². The lowest BCUT2D eigenvalue weighted by molar-refractivity contribution is 0.505. The van der Waals surface area contributed by atoms with Crippen molar-refractivity contribution in [1.82, 2.24) is 14.8 Å². The number of hydrogen-bond acceptors (Lipinski definition) is 3. The maximum absolute atomic E-state index is 9.08. The van der Waals surface area contributed by atoms with Crippen LogP contribution in [0.15, 0.2) is 30.3 Å². The van der Waals surface area contributed by atoms with Gasteiger partial charge in [0.25, 0.3) is 0 Å². The number of aromatic nitrogens is 3. The minimum atomic E-state index is -0.0473. The summed E-state index contributed by atoms with van der Waals surface area (Å²) in [6.07, 6.45) is 2.04. The van der Waals surface area contributed by atoms with Crippen molar-refractivity contribution < 1.29 is 0 Å². The van der Waals surface area contributed by atoms with Gasteiger partial charge in [0.05, 0.1) is 18.5 Å². The molecule has 0 radical (unpaired) electrons. The van der Waals surface area contributed by atoms with E-state index in [0.717, 1.165) is 30.1 Å². The fraction of sp³-hybridized carbons (Fsp3) is 0.400. The molecule has 1 heterocycles. The Morgan fingerprint density at radius 2 is 1.95 bits per heavy atom. The first kappa shape index (κ1) is 13.3. The maximum atomic E-state index is 9.08. The Balaban J connectivity index is 2.45. The van der Waals surface area contributed by atoms with Gasteiger partial charge in [0, 0.05) is 12.8 Å². The number of aryl methyl sites for hydroxylation is 2. The molecule has 1 aromatic carbocycles. The zero-order valence-corrected chi connectivity index (χ0v) is 11.4. The highest BCUT2D eigenvalue weighted by Gasteiger charge is 2.18. The minimum Gasteiger partial charge on any atom is -0.241 e. The van der Waals surface area contributed by atoms with E-state index < -0.39 is 0 Å². The lowest BCUT2D eigenvalue weighted by atomic mass is 10.0. The van der Waals surface area contributed by atoms with Gasteiger partial charge in [-0.3, -0.25) is 0 Å². The zero-order valence-electron chi connectivity index (χ0n) is 11.4. The van der Waals surface area contributed by atoms with E-state index in [1.54, 1.807) is 0 Å². The first-order valence-electron chi connectivity index (χ1n) is 6.66. The average Bonchev–Trinajstić information content (AvgIpc) is 2.88. The number of nitrogens with zero attached hydrogens (tertiary/aromatic N) is 4. The first-order chi connectivity index (χ1) is 9.30. The standard InChI is InChI=1S/C15H18N4/c1-3-14-17-15(4-2)19(18-14)13(10-11-16)12-8-6-5-7-9-12/h5-9,13H,3-4,10H2,1-2H3. The molecule has 2 aromatic rings. The van der Waals surface area contributed by atoms with Crippen molar-refractivity contribution >= 4 is 0 Å². The molecule has 0 saturated heterocycles. The molecule has 1 unspecified atom stereocenters. The van der Waals surface area contributed by atoms with E-state index in [0.29, 0.717) is 6.42 Å². The molecule has 0 aliphatic rings. The summed E-state index contributed by atoms with van der Waals surface area (Å²) in [5.74, 6) is 1.79. The number of nitriles is 1. The highest BCUT2D eigenvalue weighted by molar-refractivity contribution is 5.21. The van der Waals surface area contributed by atoms with Crippen LogP contribution in [0.4, 0.5) is 0 Å². The van der Waals surface area contributed by atoms with E-state index in [4.69, 9.17) is 5.26 Å². The van der Waals surface area contributed by atoms with E-state index in [1.165, 1.54) is 0 Å². The number of rotatable bonds is 5. The molecule has 0 fully saturated rings. The largest absolute Gasteiger partial charge is 0.241 e. The summed E-state index contributed by atoms with van der Waals surface area (Å²) in [6, 6.07) is 12.2. The number of hydrogen-bond donors (Lipinski definition) is 0. The molecule has 0 aliphatic heterocycles.